The molecule has 0 radical (unpaired) electrons. The first-order valence-corrected chi connectivity index (χ1v) is 9.79. The van der Waals surface area contributed by atoms with Crippen LogP contribution in [0, 0.1) is 5.82 Å². The second-order valence-electron chi connectivity index (χ2n) is 8.21. The number of hydrogen-bond acceptors (Lipinski definition) is 4. The molecule has 0 amide bonds. The van der Waals surface area contributed by atoms with Gasteiger partial charge in [0.1, 0.15) is 22.9 Å². The van der Waals surface area contributed by atoms with Crippen LogP contribution >= 0.6 is 0 Å². The summed E-state index contributed by atoms with van der Waals surface area (Å²) in [6.07, 6.45) is 0.656. The number of benzene rings is 2. The number of ether oxygens (including phenoxy) is 2. The Balaban J connectivity index is 2.08. The predicted octanol–water partition coefficient (Wildman–Crippen LogP) is 4.49. The molecule has 0 aromatic heterocycles. The summed E-state index contributed by atoms with van der Waals surface area (Å²) in [5, 5.41) is 0. The lowest BCUT2D eigenvalue weighted by atomic mass is 9.73. The highest BCUT2D eigenvalue weighted by molar-refractivity contribution is 6.15. The van der Waals surface area contributed by atoms with E-state index in [-0.39, 0.29) is 24.0 Å². The molecule has 2 unspecified atom stereocenters. The molecule has 2 atom stereocenters. The van der Waals surface area contributed by atoms with E-state index in [1.54, 1.807) is 32.9 Å². The number of methoxy groups -OCH3 is 1. The van der Waals surface area contributed by atoms with E-state index in [4.69, 9.17) is 9.47 Å². The molecule has 29 heavy (non-hydrogen) atoms. The summed E-state index contributed by atoms with van der Waals surface area (Å²) >= 11 is 0. The second-order valence-corrected chi connectivity index (χ2v) is 8.21. The number of rotatable bonds is 5. The molecule has 2 aromatic carbocycles. The average Bonchev–Trinajstić information content (AvgIpc) is 2.67. The largest absolute Gasteiger partial charge is 0.381 e. The number of carbonyl (C=O) groups excluding carboxylic acids is 2. The van der Waals surface area contributed by atoms with Crippen molar-refractivity contribution >= 4 is 11.6 Å². The molecule has 0 N–H and O–H groups in total. The molecule has 1 aliphatic rings. The Bertz CT molecular complexity index is 932. The maximum atomic E-state index is 13.3. The number of hydrogen-bond donors (Lipinski definition) is 0. The molecule has 4 nitrogen and oxygen atoms in total. The average molecular weight is 398 g/mol. The van der Waals surface area contributed by atoms with Crippen LogP contribution in [0.5, 0.6) is 0 Å². The fourth-order valence-corrected chi connectivity index (χ4v) is 4.11. The van der Waals surface area contributed by atoms with Crippen LogP contribution in [0.2, 0.25) is 0 Å². The molecular weight excluding hydrogens is 371 g/mol. The van der Waals surface area contributed by atoms with E-state index in [9.17, 15) is 14.0 Å². The molecule has 1 fully saturated rings. The fourth-order valence-electron chi connectivity index (χ4n) is 4.11. The molecule has 0 spiro atoms. The van der Waals surface area contributed by atoms with Gasteiger partial charge in [-0.15, -0.1) is 0 Å². The summed E-state index contributed by atoms with van der Waals surface area (Å²) in [6, 6.07) is 11.9. The highest BCUT2D eigenvalue weighted by Crippen LogP contribution is 2.40. The smallest absolute Gasteiger partial charge is 0.181 e. The molecule has 0 bridgehead atoms. The van der Waals surface area contributed by atoms with Crippen molar-refractivity contribution in [3.05, 3.63) is 59.4 Å². The van der Waals surface area contributed by atoms with Crippen molar-refractivity contribution in [1.82, 2.24) is 0 Å². The Kier molecular flexibility index (Phi) is 5.74. The van der Waals surface area contributed by atoms with E-state index in [0.29, 0.717) is 12.0 Å². The highest BCUT2D eigenvalue weighted by Gasteiger charge is 2.55. The minimum absolute atomic E-state index is 0.0775. The van der Waals surface area contributed by atoms with E-state index in [2.05, 4.69) is 0 Å². The van der Waals surface area contributed by atoms with Crippen LogP contribution in [0.1, 0.15) is 44.7 Å². The van der Waals surface area contributed by atoms with Crippen molar-refractivity contribution in [2.45, 2.75) is 51.2 Å². The topological polar surface area (TPSA) is 52.6 Å². The zero-order valence-corrected chi connectivity index (χ0v) is 17.5. The van der Waals surface area contributed by atoms with Gasteiger partial charge >= 0.3 is 0 Å². The van der Waals surface area contributed by atoms with Crippen LogP contribution in [0.3, 0.4) is 0 Å². The number of carbonyl (C=O) groups is 2. The summed E-state index contributed by atoms with van der Waals surface area (Å²) in [7, 11) is 1.51. The van der Waals surface area contributed by atoms with Gasteiger partial charge < -0.3 is 9.47 Å². The van der Waals surface area contributed by atoms with E-state index in [1.807, 2.05) is 25.1 Å². The number of Topliss-reactive ketones (excluding diaryl/α,β-unsaturated/α-hetero) is 2. The Morgan fingerprint density at radius 3 is 2.21 bits per heavy atom. The SMILES string of the molecule is CCc1cc(-c2ccc(F)cc2)ccc1C1C(=O)C(C)(C)OC(C)(COC)C1=O. The standard InChI is InChI=1S/C24H27FO4/c1-6-15-13-17(16-7-10-18(25)11-8-16)9-12-19(15)20-21(26)23(2,3)29-24(4,14-28-5)22(20)27/h7-13,20H,6,14H2,1-5H3. The monoisotopic (exact) mass is 398 g/mol. The van der Waals surface area contributed by atoms with E-state index >= 15 is 0 Å². The first-order valence-electron chi connectivity index (χ1n) is 9.79. The zero-order valence-electron chi connectivity index (χ0n) is 17.5. The van der Waals surface area contributed by atoms with Crippen molar-refractivity contribution in [2.24, 2.45) is 0 Å². The van der Waals surface area contributed by atoms with Crippen LogP contribution in [-0.2, 0) is 25.5 Å². The molecule has 154 valence electrons. The molecular formula is C24H27FO4. The lowest BCUT2D eigenvalue weighted by Crippen LogP contribution is -2.61. The lowest BCUT2D eigenvalue weighted by molar-refractivity contribution is -0.195. The van der Waals surface area contributed by atoms with Gasteiger partial charge in [-0.2, -0.15) is 0 Å². The second kappa shape index (κ2) is 7.81. The molecule has 0 saturated carbocycles. The third-order valence-corrected chi connectivity index (χ3v) is 5.55. The quantitative estimate of drug-likeness (QED) is 0.697. The van der Waals surface area contributed by atoms with Gasteiger partial charge in [0.25, 0.3) is 0 Å². The Morgan fingerprint density at radius 1 is 1.00 bits per heavy atom. The Labute approximate surface area is 171 Å². The van der Waals surface area contributed by atoms with Gasteiger partial charge in [0.15, 0.2) is 11.6 Å². The first-order chi connectivity index (χ1) is 13.6. The molecule has 1 heterocycles. The molecule has 2 aromatic rings. The maximum absolute atomic E-state index is 13.3. The molecule has 1 aliphatic heterocycles. The van der Waals surface area contributed by atoms with E-state index < -0.39 is 17.1 Å². The summed E-state index contributed by atoms with van der Waals surface area (Å²) in [5.41, 5.74) is 1.10. The Hall–Kier alpha value is -2.37. The summed E-state index contributed by atoms with van der Waals surface area (Å²) in [4.78, 5) is 26.5. The highest BCUT2D eigenvalue weighted by atomic mass is 19.1. The summed E-state index contributed by atoms with van der Waals surface area (Å²) in [5.74, 6) is -1.73. The van der Waals surface area contributed by atoms with E-state index in [1.165, 1.54) is 19.2 Å². The summed E-state index contributed by atoms with van der Waals surface area (Å²) in [6.45, 7) is 7.14. The van der Waals surface area contributed by atoms with Crippen molar-refractivity contribution in [3.63, 3.8) is 0 Å². The van der Waals surface area contributed by atoms with Gasteiger partial charge in [-0.3, -0.25) is 9.59 Å². The van der Waals surface area contributed by atoms with Crippen LogP contribution in [-0.4, -0.2) is 36.5 Å². The zero-order chi connectivity index (χ0) is 21.4. The molecule has 3 rings (SSSR count). The van der Waals surface area contributed by atoms with Gasteiger partial charge in [0.05, 0.1) is 6.61 Å². The first kappa shape index (κ1) is 21.3. The van der Waals surface area contributed by atoms with Crippen molar-refractivity contribution < 1.29 is 23.5 Å². The van der Waals surface area contributed by atoms with Crippen molar-refractivity contribution in [3.8, 4) is 11.1 Å². The number of ketones is 2. The van der Waals surface area contributed by atoms with Gasteiger partial charge in [0.2, 0.25) is 0 Å². The lowest BCUT2D eigenvalue weighted by Gasteiger charge is -2.44. The van der Waals surface area contributed by atoms with Gasteiger partial charge in [-0.05, 0) is 61.6 Å². The van der Waals surface area contributed by atoms with Gasteiger partial charge in [0, 0.05) is 7.11 Å². The van der Waals surface area contributed by atoms with Crippen LogP contribution in [0.15, 0.2) is 42.5 Å². The van der Waals surface area contributed by atoms with Crippen molar-refractivity contribution in [1.29, 1.82) is 0 Å². The molecule has 1 saturated heterocycles. The van der Waals surface area contributed by atoms with Gasteiger partial charge in [-0.25, -0.2) is 4.39 Å². The third kappa shape index (κ3) is 3.89. The summed E-state index contributed by atoms with van der Waals surface area (Å²) < 4.78 is 24.4. The normalized spacial score (nSPS) is 24.0. The third-order valence-electron chi connectivity index (χ3n) is 5.55. The van der Waals surface area contributed by atoms with E-state index in [0.717, 1.165) is 16.7 Å². The minimum Gasteiger partial charge on any atom is -0.381 e. The van der Waals surface area contributed by atoms with Gasteiger partial charge in [-0.1, -0.05) is 37.3 Å². The molecule has 0 aliphatic carbocycles. The van der Waals surface area contributed by atoms with Crippen LogP contribution in [0.4, 0.5) is 4.39 Å². The predicted molar refractivity (Wildman–Crippen MR) is 109 cm³/mol. The minimum atomic E-state index is -1.20. The maximum Gasteiger partial charge on any atom is 0.181 e. The molecule has 5 heteroatoms. The Morgan fingerprint density at radius 2 is 1.62 bits per heavy atom. The van der Waals surface area contributed by atoms with Crippen molar-refractivity contribution in [2.75, 3.05) is 13.7 Å². The fraction of sp³-hybridized carbons (Fsp3) is 0.417. The number of halogens is 1. The number of aryl methyl sites for hydroxylation is 1. The van der Waals surface area contributed by atoms with Crippen LogP contribution in [0.25, 0.3) is 11.1 Å². The van der Waals surface area contributed by atoms with Crippen LogP contribution < -0.4 is 0 Å².